The minimum absolute atomic E-state index is 0.0368. The predicted molar refractivity (Wildman–Crippen MR) is 82.5 cm³/mol. The summed E-state index contributed by atoms with van der Waals surface area (Å²) in [5.41, 5.74) is 7.96. The Bertz CT molecular complexity index is 638. The molecule has 3 nitrogen and oxygen atoms in total. The topological polar surface area (TPSA) is 55.1 Å². The van der Waals surface area contributed by atoms with Crippen molar-refractivity contribution in [2.45, 2.75) is 26.3 Å². The molecule has 1 amide bonds. The number of nitrogens with two attached hydrogens (primary N) is 1. The average Bonchev–Trinajstić information content (AvgIpc) is 2.50. The lowest BCUT2D eigenvalue weighted by Gasteiger charge is -2.15. The lowest BCUT2D eigenvalue weighted by molar-refractivity contribution is 0.0939. The molecule has 0 aliphatic rings. The van der Waals surface area contributed by atoms with Gasteiger partial charge in [-0.2, -0.15) is 0 Å². The zero-order valence-electron chi connectivity index (χ0n) is 12.2. The molecule has 0 radical (unpaired) electrons. The van der Waals surface area contributed by atoms with Crippen molar-refractivity contribution >= 4 is 11.6 Å². The summed E-state index contributed by atoms with van der Waals surface area (Å²) in [5, 5.41) is 2.85. The van der Waals surface area contributed by atoms with Crippen molar-refractivity contribution in [2.75, 3.05) is 5.73 Å². The van der Waals surface area contributed by atoms with Gasteiger partial charge in [-0.3, -0.25) is 4.79 Å². The quantitative estimate of drug-likeness (QED) is 0.846. The van der Waals surface area contributed by atoms with E-state index < -0.39 is 5.82 Å². The Kier molecular flexibility index (Phi) is 4.58. The van der Waals surface area contributed by atoms with Crippen LogP contribution in [0.1, 0.15) is 41.4 Å². The minimum Gasteiger partial charge on any atom is -0.396 e. The summed E-state index contributed by atoms with van der Waals surface area (Å²) in [7, 11) is 0. The van der Waals surface area contributed by atoms with Crippen LogP contribution in [-0.2, 0) is 6.42 Å². The number of aryl methyl sites for hydroxylation is 1. The Hall–Kier alpha value is -2.36. The summed E-state index contributed by atoms with van der Waals surface area (Å²) < 4.78 is 13.4. The molecule has 0 aromatic heterocycles. The number of anilines is 1. The number of carbonyl (C=O) groups excluding carboxylic acids is 1. The second kappa shape index (κ2) is 6.39. The zero-order chi connectivity index (χ0) is 15.4. The van der Waals surface area contributed by atoms with E-state index in [1.807, 2.05) is 31.2 Å². The highest BCUT2D eigenvalue weighted by atomic mass is 19.1. The maximum absolute atomic E-state index is 13.4. The van der Waals surface area contributed by atoms with E-state index in [1.165, 1.54) is 17.7 Å². The summed E-state index contributed by atoms with van der Waals surface area (Å²) in [6.45, 7) is 3.99. The van der Waals surface area contributed by atoms with E-state index in [9.17, 15) is 9.18 Å². The van der Waals surface area contributed by atoms with E-state index >= 15 is 0 Å². The summed E-state index contributed by atoms with van der Waals surface area (Å²) in [6, 6.07) is 12.0. The maximum Gasteiger partial charge on any atom is 0.251 e. The lowest BCUT2D eigenvalue weighted by atomic mass is 10.0. The molecule has 21 heavy (non-hydrogen) atoms. The number of hydrogen-bond acceptors (Lipinski definition) is 2. The van der Waals surface area contributed by atoms with Crippen LogP contribution >= 0.6 is 0 Å². The molecule has 4 heteroatoms. The first-order valence-electron chi connectivity index (χ1n) is 6.96. The Morgan fingerprint density at radius 1 is 1.24 bits per heavy atom. The second-order valence-electron chi connectivity index (χ2n) is 5.03. The first-order valence-corrected chi connectivity index (χ1v) is 6.96. The van der Waals surface area contributed by atoms with Gasteiger partial charge >= 0.3 is 0 Å². The van der Waals surface area contributed by atoms with E-state index in [4.69, 9.17) is 5.73 Å². The smallest absolute Gasteiger partial charge is 0.251 e. The van der Waals surface area contributed by atoms with Crippen LogP contribution in [0.5, 0.6) is 0 Å². The fraction of sp³-hybridized carbons (Fsp3) is 0.235. The Morgan fingerprint density at radius 2 is 1.90 bits per heavy atom. The largest absolute Gasteiger partial charge is 0.396 e. The summed E-state index contributed by atoms with van der Waals surface area (Å²) >= 11 is 0. The average molecular weight is 286 g/mol. The van der Waals surface area contributed by atoms with Gasteiger partial charge in [0.1, 0.15) is 5.82 Å². The van der Waals surface area contributed by atoms with E-state index in [-0.39, 0.29) is 23.2 Å². The highest BCUT2D eigenvalue weighted by Crippen LogP contribution is 2.16. The third kappa shape index (κ3) is 3.60. The maximum atomic E-state index is 13.4. The highest BCUT2D eigenvalue weighted by molar-refractivity contribution is 5.94. The van der Waals surface area contributed by atoms with E-state index in [0.29, 0.717) is 0 Å². The normalized spacial score (nSPS) is 12.0. The molecule has 0 aliphatic carbocycles. The van der Waals surface area contributed by atoms with Crippen molar-refractivity contribution in [3.05, 3.63) is 65.0 Å². The van der Waals surface area contributed by atoms with Crippen LogP contribution in [0.4, 0.5) is 10.1 Å². The fourth-order valence-electron chi connectivity index (χ4n) is 2.07. The summed E-state index contributed by atoms with van der Waals surface area (Å²) in [6.07, 6.45) is 0.978. The van der Waals surface area contributed by atoms with Gasteiger partial charge in [0, 0.05) is 5.56 Å². The third-order valence-electron chi connectivity index (χ3n) is 3.50. The van der Waals surface area contributed by atoms with Crippen LogP contribution in [0.2, 0.25) is 0 Å². The van der Waals surface area contributed by atoms with Gasteiger partial charge < -0.3 is 11.1 Å². The number of benzene rings is 2. The predicted octanol–water partition coefficient (Wildman–Crippen LogP) is 3.46. The standard InChI is InChI=1S/C17H19FN2O/c1-3-12-4-6-13(7-5-12)11(2)20-17(21)14-8-9-16(19)15(18)10-14/h4-11H,3,19H2,1-2H3,(H,20,21). The molecule has 3 N–H and O–H groups in total. The van der Waals surface area contributed by atoms with Gasteiger partial charge in [0.25, 0.3) is 5.91 Å². The molecule has 0 aliphatic heterocycles. The number of halogens is 1. The van der Waals surface area contributed by atoms with Crippen LogP contribution in [0.15, 0.2) is 42.5 Å². The zero-order valence-corrected chi connectivity index (χ0v) is 12.2. The van der Waals surface area contributed by atoms with Gasteiger partial charge in [0.2, 0.25) is 0 Å². The molecule has 2 rings (SSSR count). The molecule has 1 atom stereocenters. The molecule has 0 bridgehead atoms. The Morgan fingerprint density at radius 3 is 2.48 bits per heavy atom. The molecule has 2 aromatic carbocycles. The van der Waals surface area contributed by atoms with Gasteiger partial charge in [-0.05, 0) is 42.7 Å². The minimum atomic E-state index is -0.581. The number of nitrogens with one attached hydrogen (secondary N) is 1. The Balaban J connectivity index is 2.08. The van der Waals surface area contributed by atoms with E-state index in [1.54, 1.807) is 0 Å². The number of carbonyl (C=O) groups is 1. The molecular weight excluding hydrogens is 267 g/mol. The van der Waals surface area contributed by atoms with Crippen LogP contribution in [0.3, 0.4) is 0 Å². The summed E-state index contributed by atoms with van der Waals surface area (Å²) in [4.78, 5) is 12.1. The van der Waals surface area contributed by atoms with Crippen LogP contribution in [-0.4, -0.2) is 5.91 Å². The number of hydrogen-bond donors (Lipinski definition) is 2. The number of amides is 1. The van der Waals surface area contributed by atoms with E-state index in [2.05, 4.69) is 12.2 Å². The highest BCUT2D eigenvalue weighted by Gasteiger charge is 2.12. The van der Waals surface area contributed by atoms with Gasteiger partial charge in [0.15, 0.2) is 0 Å². The lowest BCUT2D eigenvalue weighted by Crippen LogP contribution is -2.26. The molecular formula is C17H19FN2O. The van der Waals surface area contributed by atoms with Crippen molar-refractivity contribution in [3.63, 3.8) is 0 Å². The first-order chi connectivity index (χ1) is 10.0. The van der Waals surface area contributed by atoms with E-state index in [0.717, 1.165) is 18.1 Å². The van der Waals surface area contributed by atoms with Crippen molar-refractivity contribution < 1.29 is 9.18 Å². The molecule has 0 saturated carbocycles. The van der Waals surface area contributed by atoms with Gasteiger partial charge in [-0.15, -0.1) is 0 Å². The van der Waals surface area contributed by atoms with Crippen molar-refractivity contribution in [3.8, 4) is 0 Å². The molecule has 2 aromatic rings. The van der Waals surface area contributed by atoms with Gasteiger partial charge in [0.05, 0.1) is 11.7 Å². The van der Waals surface area contributed by atoms with Crippen LogP contribution < -0.4 is 11.1 Å². The SMILES string of the molecule is CCc1ccc(C(C)NC(=O)c2ccc(N)c(F)c2)cc1. The molecule has 1 unspecified atom stereocenters. The van der Waals surface area contributed by atoms with Crippen LogP contribution in [0, 0.1) is 5.82 Å². The van der Waals surface area contributed by atoms with Crippen molar-refractivity contribution in [1.29, 1.82) is 0 Å². The molecule has 0 fully saturated rings. The molecule has 0 saturated heterocycles. The number of rotatable bonds is 4. The monoisotopic (exact) mass is 286 g/mol. The number of nitrogen functional groups attached to an aromatic ring is 1. The molecule has 0 heterocycles. The Labute approximate surface area is 124 Å². The third-order valence-corrected chi connectivity index (χ3v) is 3.50. The van der Waals surface area contributed by atoms with Gasteiger partial charge in [-0.25, -0.2) is 4.39 Å². The molecule has 0 spiro atoms. The second-order valence-corrected chi connectivity index (χ2v) is 5.03. The fourth-order valence-corrected chi connectivity index (χ4v) is 2.07. The van der Waals surface area contributed by atoms with Crippen molar-refractivity contribution in [1.82, 2.24) is 5.32 Å². The van der Waals surface area contributed by atoms with Crippen molar-refractivity contribution in [2.24, 2.45) is 0 Å². The van der Waals surface area contributed by atoms with Gasteiger partial charge in [-0.1, -0.05) is 31.2 Å². The first kappa shape index (κ1) is 15.0. The molecule has 110 valence electrons. The summed E-state index contributed by atoms with van der Waals surface area (Å²) in [5.74, 6) is -0.899. The van der Waals surface area contributed by atoms with Crippen LogP contribution in [0.25, 0.3) is 0 Å².